The number of hydrogen-bond acceptors (Lipinski definition) is 4. The first kappa shape index (κ1) is 27.9. The van der Waals surface area contributed by atoms with Crippen molar-refractivity contribution in [2.45, 2.75) is 25.2 Å². The number of ether oxygens (including phenoxy) is 1. The van der Waals surface area contributed by atoms with Crippen LogP contribution in [-0.4, -0.2) is 33.9 Å². The zero-order valence-electron chi connectivity index (χ0n) is 22.5. The van der Waals surface area contributed by atoms with Gasteiger partial charge in [0, 0.05) is 45.3 Å². The molecule has 0 amide bonds. The average Bonchev–Trinajstić information content (AvgIpc) is 3.74. The number of carbonyl (C=O) groups excluding carboxylic acids is 1. The highest BCUT2D eigenvalue weighted by Crippen LogP contribution is 2.45. The van der Waals surface area contributed by atoms with Gasteiger partial charge in [0.1, 0.15) is 5.82 Å². The van der Waals surface area contributed by atoms with Gasteiger partial charge in [-0.2, -0.15) is 0 Å². The van der Waals surface area contributed by atoms with Crippen LogP contribution in [0.3, 0.4) is 0 Å². The number of nitrogens with one attached hydrogen (secondary N) is 1. The summed E-state index contributed by atoms with van der Waals surface area (Å²) in [6.45, 7) is 0. The maximum atomic E-state index is 14.3. The summed E-state index contributed by atoms with van der Waals surface area (Å²) in [5, 5.41) is 11.2. The number of ketones is 1. The zero-order chi connectivity index (χ0) is 29.5. The highest BCUT2D eigenvalue weighted by atomic mass is 35.5. The number of imidazole rings is 1. The number of hydrogen-bond donors (Lipinski definition) is 2. The lowest BCUT2D eigenvalue weighted by Crippen LogP contribution is -2.11. The van der Waals surface area contributed by atoms with E-state index in [0.717, 1.165) is 18.4 Å². The second-order valence-corrected chi connectivity index (χ2v) is 11.3. The van der Waals surface area contributed by atoms with E-state index in [-0.39, 0.29) is 29.4 Å². The Bertz CT molecular complexity index is 1850. The van der Waals surface area contributed by atoms with Crippen LogP contribution in [0.15, 0.2) is 72.8 Å². The molecule has 42 heavy (non-hydrogen) atoms. The van der Waals surface area contributed by atoms with Crippen molar-refractivity contribution in [3.8, 4) is 28.3 Å². The molecule has 1 unspecified atom stereocenters. The highest BCUT2D eigenvalue weighted by molar-refractivity contribution is 6.34. The van der Waals surface area contributed by atoms with E-state index in [0.29, 0.717) is 55.1 Å². The first-order chi connectivity index (χ1) is 20.2. The number of halogens is 3. The number of aromatic amines is 1. The summed E-state index contributed by atoms with van der Waals surface area (Å²) in [6.07, 6.45) is 2.37. The van der Waals surface area contributed by atoms with Crippen molar-refractivity contribution >= 4 is 46.0 Å². The molecule has 1 atom stereocenters. The van der Waals surface area contributed by atoms with Crippen molar-refractivity contribution < 1.29 is 23.8 Å². The summed E-state index contributed by atoms with van der Waals surface area (Å²) in [7, 11) is 1.37. The number of aromatic nitrogens is 2. The number of Topliss-reactive ketones (excluding diaryl/α,β-unsaturated/α-hetero) is 1. The lowest BCUT2D eigenvalue weighted by atomic mass is 9.86. The third-order valence-corrected chi connectivity index (χ3v) is 8.33. The van der Waals surface area contributed by atoms with E-state index in [4.69, 9.17) is 27.9 Å². The number of aromatic carboxylic acids is 1. The Morgan fingerprint density at radius 3 is 2.50 bits per heavy atom. The Morgan fingerprint density at radius 2 is 1.81 bits per heavy atom. The molecule has 9 heteroatoms. The number of H-pyrrole nitrogens is 1. The van der Waals surface area contributed by atoms with Gasteiger partial charge in [-0.3, -0.25) is 4.79 Å². The molecule has 1 aliphatic carbocycles. The minimum Gasteiger partial charge on any atom is -0.494 e. The summed E-state index contributed by atoms with van der Waals surface area (Å²) in [5.74, 6) is -0.991. The third kappa shape index (κ3) is 5.38. The van der Waals surface area contributed by atoms with Crippen molar-refractivity contribution in [1.29, 1.82) is 0 Å². The topological polar surface area (TPSA) is 92.3 Å². The van der Waals surface area contributed by atoms with E-state index < -0.39 is 11.8 Å². The fraction of sp³-hybridized carbons (Fsp3) is 0.182. The fourth-order valence-electron chi connectivity index (χ4n) is 5.49. The van der Waals surface area contributed by atoms with Crippen molar-refractivity contribution in [2.24, 2.45) is 5.92 Å². The van der Waals surface area contributed by atoms with Gasteiger partial charge >= 0.3 is 5.97 Å². The SMILES string of the molecule is COc1cc2nc(-c3cccc(Cl)c3-c3ccc(C(=O)CC(c4ccc(Cl)cc4)C4CC4)cc3C(=O)O)[nH]c2cc1F. The van der Waals surface area contributed by atoms with Crippen LogP contribution in [0.1, 0.15) is 51.5 Å². The summed E-state index contributed by atoms with van der Waals surface area (Å²) in [6, 6.07) is 20.1. The molecule has 1 heterocycles. The molecular formula is C33H25Cl2FN2O4. The number of carbonyl (C=O) groups is 2. The predicted molar refractivity (Wildman–Crippen MR) is 161 cm³/mol. The number of carboxylic acids is 1. The van der Waals surface area contributed by atoms with Crippen molar-refractivity contribution in [1.82, 2.24) is 9.97 Å². The van der Waals surface area contributed by atoms with Crippen LogP contribution in [-0.2, 0) is 0 Å². The molecule has 1 aliphatic rings. The van der Waals surface area contributed by atoms with E-state index in [1.165, 1.54) is 25.3 Å². The summed E-state index contributed by atoms with van der Waals surface area (Å²) < 4.78 is 19.4. The molecule has 1 aromatic heterocycles. The summed E-state index contributed by atoms with van der Waals surface area (Å²) in [4.78, 5) is 33.7. The second kappa shape index (κ2) is 11.2. The van der Waals surface area contributed by atoms with Crippen LogP contribution in [0.25, 0.3) is 33.5 Å². The molecule has 0 saturated heterocycles. The van der Waals surface area contributed by atoms with Gasteiger partial charge in [0.25, 0.3) is 0 Å². The quantitative estimate of drug-likeness (QED) is 0.164. The number of methoxy groups -OCH3 is 1. The monoisotopic (exact) mass is 602 g/mol. The van der Waals surface area contributed by atoms with E-state index >= 15 is 0 Å². The van der Waals surface area contributed by atoms with Crippen LogP contribution in [0, 0.1) is 11.7 Å². The minimum absolute atomic E-state index is 0.0365. The average molecular weight is 603 g/mol. The third-order valence-electron chi connectivity index (χ3n) is 7.76. The smallest absolute Gasteiger partial charge is 0.336 e. The van der Waals surface area contributed by atoms with Crippen molar-refractivity contribution in [3.63, 3.8) is 0 Å². The standard InChI is InChI=1S/C33H25Cl2FN2O4/c1-42-30-16-28-27(15-26(30)36)37-32(38-28)22-3-2-4-25(35)31(22)21-12-9-19(13-24(21)33(40)41)29(39)14-23(17-5-6-17)18-7-10-20(34)11-8-18/h2-4,7-13,15-17,23H,5-6,14H2,1H3,(H,37,38)(H,40,41). The maximum Gasteiger partial charge on any atom is 0.336 e. The van der Waals surface area contributed by atoms with Crippen LogP contribution in [0.2, 0.25) is 10.0 Å². The normalized spacial score (nSPS) is 13.7. The highest BCUT2D eigenvalue weighted by Gasteiger charge is 2.34. The van der Waals surface area contributed by atoms with Crippen LogP contribution in [0.5, 0.6) is 5.75 Å². The second-order valence-electron chi connectivity index (χ2n) is 10.4. The molecular weight excluding hydrogens is 578 g/mol. The fourth-order valence-corrected chi connectivity index (χ4v) is 5.89. The van der Waals surface area contributed by atoms with Crippen LogP contribution in [0.4, 0.5) is 4.39 Å². The summed E-state index contributed by atoms with van der Waals surface area (Å²) >= 11 is 12.7. The number of carboxylic acid groups (broad SMARTS) is 1. The summed E-state index contributed by atoms with van der Waals surface area (Å²) in [5.41, 5.74) is 3.51. The first-order valence-corrected chi connectivity index (χ1v) is 14.2. The number of benzene rings is 4. The molecule has 1 fully saturated rings. The maximum absolute atomic E-state index is 14.3. The molecule has 212 valence electrons. The van der Waals surface area contributed by atoms with E-state index in [1.54, 1.807) is 30.3 Å². The Labute approximate surface area is 251 Å². The van der Waals surface area contributed by atoms with Crippen LogP contribution < -0.4 is 4.74 Å². The van der Waals surface area contributed by atoms with E-state index in [9.17, 15) is 19.1 Å². The van der Waals surface area contributed by atoms with Crippen molar-refractivity contribution in [3.05, 3.63) is 105 Å². The molecule has 0 aliphatic heterocycles. The Balaban J connectivity index is 1.39. The van der Waals surface area contributed by atoms with E-state index in [1.807, 2.05) is 24.3 Å². The van der Waals surface area contributed by atoms with Gasteiger partial charge in [-0.25, -0.2) is 14.2 Å². The van der Waals surface area contributed by atoms with Gasteiger partial charge in [0.2, 0.25) is 0 Å². The number of rotatable bonds is 9. The van der Waals surface area contributed by atoms with Gasteiger partial charge < -0.3 is 14.8 Å². The molecule has 4 aromatic carbocycles. The Hall–Kier alpha value is -4.20. The number of fused-ring (bicyclic) bond motifs is 1. The molecule has 5 aromatic rings. The van der Waals surface area contributed by atoms with Gasteiger partial charge in [-0.1, -0.05) is 59.6 Å². The minimum atomic E-state index is -1.20. The largest absolute Gasteiger partial charge is 0.494 e. The molecule has 0 bridgehead atoms. The zero-order valence-corrected chi connectivity index (χ0v) is 24.0. The molecule has 0 spiro atoms. The first-order valence-electron chi connectivity index (χ1n) is 13.4. The molecule has 0 radical (unpaired) electrons. The lowest BCUT2D eigenvalue weighted by Gasteiger charge is -2.17. The van der Waals surface area contributed by atoms with E-state index in [2.05, 4.69) is 9.97 Å². The van der Waals surface area contributed by atoms with Crippen molar-refractivity contribution in [2.75, 3.05) is 7.11 Å². The number of nitrogens with zero attached hydrogens (tertiary/aromatic N) is 1. The van der Waals surface area contributed by atoms with Crippen LogP contribution >= 0.6 is 23.2 Å². The van der Waals surface area contributed by atoms with Gasteiger partial charge in [-0.05, 0) is 60.1 Å². The molecule has 6 nitrogen and oxygen atoms in total. The Morgan fingerprint density at radius 1 is 1.05 bits per heavy atom. The van der Waals surface area contributed by atoms with Gasteiger partial charge in [-0.15, -0.1) is 0 Å². The van der Waals surface area contributed by atoms with Gasteiger partial charge in [0.05, 0.1) is 23.7 Å². The Kier molecular flexibility index (Phi) is 7.47. The lowest BCUT2D eigenvalue weighted by molar-refractivity contribution is 0.0697. The molecule has 1 saturated carbocycles. The molecule has 6 rings (SSSR count). The predicted octanol–water partition coefficient (Wildman–Crippen LogP) is 8.82. The van der Waals surface area contributed by atoms with Gasteiger partial charge in [0.15, 0.2) is 17.3 Å². The molecule has 2 N–H and O–H groups in total.